The first-order valence-corrected chi connectivity index (χ1v) is 10.8. The molecule has 0 spiro atoms. The number of aromatic nitrogens is 7. The van der Waals surface area contributed by atoms with Crippen LogP contribution >= 0.6 is 23.2 Å². The molecule has 188 valence electrons. The van der Waals surface area contributed by atoms with Gasteiger partial charge in [0.15, 0.2) is 23.6 Å². The van der Waals surface area contributed by atoms with Crippen LogP contribution in [0.15, 0.2) is 47.4 Å². The van der Waals surface area contributed by atoms with Gasteiger partial charge in [0.1, 0.15) is 6.54 Å². The van der Waals surface area contributed by atoms with Gasteiger partial charge >= 0.3 is 11.9 Å². The highest BCUT2D eigenvalue weighted by molar-refractivity contribution is 6.32. The number of alkyl halides is 3. The van der Waals surface area contributed by atoms with Crippen LogP contribution in [0.1, 0.15) is 16.4 Å². The Morgan fingerprint density at radius 3 is 2.44 bits per heavy atom. The molecule has 0 radical (unpaired) electrons. The van der Waals surface area contributed by atoms with Gasteiger partial charge in [0.05, 0.1) is 11.6 Å². The van der Waals surface area contributed by atoms with Crippen LogP contribution in [0.4, 0.5) is 13.2 Å². The molecule has 0 saturated heterocycles. The molecule has 3 heterocycles. The number of nitrogens with zero attached hydrogens (tertiary/aromatic N) is 7. The minimum Gasteiger partial charge on any atom is -0.382 e. The lowest BCUT2D eigenvalue weighted by molar-refractivity contribution is -0.207. The van der Waals surface area contributed by atoms with Gasteiger partial charge in [-0.1, -0.05) is 23.2 Å². The number of carbonyl (C=O) groups is 1. The molecule has 0 fully saturated rings. The predicted octanol–water partition coefficient (Wildman–Crippen LogP) is 2.06. The molecule has 0 aliphatic carbocycles. The Hall–Kier alpha value is -3.75. The number of nitrogens with two attached hydrogens (primary N) is 1. The zero-order chi connectivity index (χ0) is 26.2. The van der Waals surface area contributed by atoms with Crippen LogP contribution in [0.2, 0.25) is 10.0 Å². The van der Waals surface area contributed by atoms with Gasteiger partial charge in [-0.25, -0.2) is 19.4 Å². The highest BCUT2D eigenvalue weighted by Crippen LogP contribution is 2.24. The monoisotopic (exact) mass is 542 g/mol. The van der Waals surface area contributed by atoms with Crippen LogP contribution < -0.4 is 11.4 Å². The van der Waals surface area contributed by atoms with E-state index >= 15 is 0 Å². The van der Waals surface area contributed by atoms with Crippen molar-refractivity contribution in [1.29, 1.82) is 0 Å². The zero-order valence-corrected chi connectivity index (χ0v) is 19.4. The van der Waals surface area contributed by atoms with Gasteiger partial charge < -0.3 is 10.8 Å². The van der Waals surface area contributed by atoms with Crippen molar-refractivity contribution in [3.8, 4) is 17.2 Å². The standard InChI is InChI=1S/C20H15Cl2F3N8O3/c21-11-5-3-10(4-6-11)16-30-32(19(36)31(16)8-13(34)20(23,24)25)9-14-28-18(15(26)35)33(29-14)17-12(22)2-1-7-27-17/h1-7,13,34H,8-9H2,(H2,26,35)/t13-/m1/s1. The number of primary amides is 1. The fourth-order valence-corrected chi connectivity index (χ4v) is 3.52. The molecule has 16 heteroatoms. The third-order valence-electron chi connectivity index (χ3n) is 4.86. The first kappa shape index (κ1) is 25.3. The number of benzene rings is 1. The topological polar surface area (TPSA) is 147 Å². The molecule has 4 aromatic rings. The molecule has 3 N–H and O–H groups in total. The van der Waals surface area contributed by atoms with Crippen LogP contribution in [0, 0.1) is 0 Å². The minimum absolute atomic E-state index is 0.0414. The molecule has 4 rings (SSSR count). The molecule has 36 heavy (non-hydrogen) atoms. The van der Waals surface area contributed by atoms with Crippen LogP contribution in [0.5, 0.6) is 0 Å². The first-order valence-electron chi connectivity index (χ1n) is 10.0. The molecule has 0 saturated carbocycles. The maximum atomic E-state index is 13.0. The van der Waals surface area contributed by atoms with E-state index in [0.29, 0.717) is 9.59 Å². The van der Waals surface area contributed by atoms with E-state index in [-0.39, 0.29) is 33.9 Å². The SMILES string of the molecule is NC(=O)c1nc(Cn2nc(-c3ccc(Cl)cc3)n(C[C@@H](O)C(F)(F)F)c2=O)nn1-c1ncccc1Cl. The molecular formula is C20H15Cl2F3N8O3. The summed E-state index contributed by atoms with van der Waals surface area (Å²) in [5.74, 6) is -1.56. The molecule has 0 aliphatic heterocycles. The molecule has 1 amide bonds. The number of pyridine rings is 1. The molecule has 1 atom stereocenters. The van der Waals surface area contributed by atoms with E-state index in [4.69, 9.17) is 28.9 Å². The Bertz CT molecular complexity index is 1480. The second kappa shape index (κ2) is 9.72. The minimum atomic E-state index is -4.97. The average Bonchev–Trinajstić information content (AvgIpc) is 3.36. The second-order valence-corrected chi connectivity index (χ2v) is 8.22. The summed E-state index contributed by atoms with van der Waals surface area (Å²) in [4.78, 5) is 33.0. The summed E-state index contributed by atoms with van der Waals surface area (Å²) in [6.07, 6.45) is -6.41. The maximum absolute atomic E-state index is 13.0. The molecule has 3 aromatic heterocycles. The van der Waals surface area contributed by atoms with Crippen molar-refractivity contribution in [2.75, 3.05) is 0 Å². The Balaban J connectivity index is 1.78. The van der Waals surface area contributed by atoms with Crippen LogP contribution in [-0.2, 0) is 13.1 Å². The lowest BCUT2D eigenvalue weighted by Gasteiger charge is -2.15. The largest absolute Gasteiger partial charge is 0.416 e. The molecule has 1 aromatic carbocycles. The number of aliphatic hydroxyl groups excluding tert-OH is 1. The van der Waals surface area contributed by atoms with Gasteiger partial charge in [0.25, 0.3) is 5.91 Å². The average molecular weight is 543 g/mol. The van der Waals surface area contributed by atoms with Gasteiger partial charge in [-0.05, 0) is 36.4 Å². The summed E-state index contributed by atoms with van der Waals surface area (Å²) in [7, 11) is 0. The van der Waals surface area contributed by atoms with E-state index in [0.717, 1.165) is 9.36 Å². The number of rotatable bonds is 7. The molecule has 0 unspecified atom stereocenters. The van der Waals surface area contributed by atoms with Crippen LogP contribution in [-0.4, -0.2) is 57.4 Å². The summed E-state index contributed by atoms with van der Waals surface area (Å²) in [5, 5.41) is 18.3. The van der Waals surface area contributed by atoms with Crippen molar-refractivity contribution < 1.29 is 23.1 Å². The lowest BCUT2D eigenvalue weighted by Crippen LogP contribution is -2.37. The van der Waals surface area contributed by atoms with Crippen LogP contribution in [0.25, 0.3) is 17.2 Å². The van der Waals surface area contributed by atoms with Crippen molar-refractivity contribution in [2.45, 2.75) is 25.4 Å². The van der Waals surface area contributed by atoms with Gasteiger partial charge in [0.2, 0.25) is 5.82 Å². The van der Waals surface area contributed by atoms with Crippen molar-refractivity contribution in [1.82, 2.24) is 34.1 Å². The van der Waals surface area contributed by atoms with E-state index in [2.05, 4.69) is 20.2 Å². The maximum Gasteiger partial charge on any atom is 0.416 e. The van der Waals surface area contributed by atoms with Crippen molar-refractivity contribution >= 4 is 29.1 Å². The summed E-state index contributed by atoms with van der Waals surface area (Å²) in [5.41, 5.74) is 4.66. The fourth-order valence-electron chi connectivity index (χ4n) is 3.19. The number of amides is 1. The van der Waals surface area contributed by atoms with Crippen molar-refractivity contribution in [3.63, 3.8) is 0 Å². The van der Waals surface area contributed by atoms with Crippen LogP contribution in [0.3, 0.4) is 0 Å². The Labute approximate surface area is 209 Å². The summed E-state index contributed by atoms with van der Waals surface area (Å²) in [6.45, 7) is -1.56. The third-order valence-corrected chi connectivity index (χ3v) is 5.41. The normalized spacial score (nSPS) is 12.6. The molecule has 0 bridgehead atoms. The summed E-state index contributed by atoms with van der Waals surface area (Å²) in [6, 6.07) is 8.87. The number of halogens is 5. The molecule has 0 aliphatic rings. The van der Waals surface area contributed by atoms with E-state index in [1.54, 1.807) is 6.07 Å². The zero-order valence-electron chi connectivity index (χ0n) is 17.9. The second-order valence-electron chi connectivity index (χ2n) is 7.38. The Morgan fingerprint density at radius 1 is 1.14 bits per heavy atom. The number of hydrogen-bond donors (Lipinski definition) is 2. The quantitative estimate of drug-likeness (QED) is 0.363. The first-order chi connectivity index (χ1) is 17.0. The van der Waals surface area contributed by atoms with E-state index in [9.17, 15) is 27.9 Å². The molecule has 11 nitrogen and oxygen atoms in total. The third kappa shape index (κ3) is 5.10. The predicted molar refractivity (Wildman–Crippen MR) is 121 cm³/mol. The number of hydrogen-bond acceptors (Lipinski definition) is 7. The lowest BCUT2D eigenvalue weighted by atomic mass is 10.2. The van der Waals surface area contributed by atoms with E-state index in [1.807, 2.05) is 0 Å². The van der Waals surface area contributed by atoms with Crippen molar-refractivity contribution in [3.05, 3.63) is 74.8 Å². The fraction of sp³-hybridized carbons (Fsp3) is 0.200. The highest BCUT2D eigenvalue weighted by Gasteiger charge is 2.39. The number of aliphatic hydroxyl groups is 1. The number of carbonyl (C=O) groups excluding carboxylic acids is 1. The van der Waals surface area contributed by atoms with Gasteiger partial charge in [-0.15, -0.1) is 10.2 Å². The highest BCUT2D eigenvalue weighted by atomic mass is 35.5. The van der Waals surface area contributed by atoms with Gasteiger partial charge in [-0.2, -0.15) is 17.9 Å². The summed E-state index contributed by atoms with van der Waals surface area (Å²) < 4.78 is 41.5. The summed E-state index contributed by atoms with van der Waals surface area (Å²) >= 11 is 12.0. The van der Waals surface area contributed by atoms with E-state index in [1.165, 1.54) is 36.5 Å². The smallest absolute Gasteiger partial charge is 0.382 e. The Kier molecular flexibility index (Phi) is 6.84. The van der Waals surface area contributed by atoms with Crippen molar-refractivity contribution in [2.24, 2.45) is 5.73 Å². The van der Waals surface area contributed by atoms with Gasteiger partial charge in [0, 0.05) is 16.8 Å². The Morgan fingerprint density at radius 2 is 1.83 bits per heavy atom. The van der Waals surface area contributed by atoms with E-state index < -0.39 is 37.0 Å². The molecular weight excluding hydrogens is 528 g/mol. The van der Waals surface area contributed by atoms with Gasteiger partial charge in [-0.3, -0.25) is 9.36 Å².